The maximum Gasteiger partial charge on any atom is 0.191 e. The molecule has 0 aliphatic heterocycles. The van der Waals surface area contributed by atoms with Gasteiger partial charge in [0.1, 0.15) is 0 Å². The molecule has 1 rings (SSSR count). The molecule has 1 heterocycles. The summed E-state index contributed by atoms with van der Waals surface area (Å²) < 4.78 is 0. The van der Waals surface area contributed by atoms with E-state index < -0.39 is 0 Å². The molecule has 0 spiro atoms. The largest absolute Gasteiger partial charge is 0.355 e. The average molecular weight is 405 g/mol. The Morgan fingerprint density at radius 2 is 2.14 bits per heavy atom. The number of nitrogens with one attached hydrogen (secondary N) is 2. The molecular weight excluding hydrogens is 377 g/mol. The molecule has 0 bridgehead atoms. The van der Waals surface area contributed by atoms with Crippen LogP contribution < -0.4 is 10.6 Å². The van der Waals surface area contributed by atoms with Crippen LogP contribution in [-0.2, 0) is 6.54 Å². The molecule has 0 amide bonds. The molecule has 1 aromatic rings. The van der Waals surface area contributed by atoms with Crippen LogP contribution in [0.1, 0.15) is 26.0 Å². The van der Waals surface area contributed by atoms with Crippen LogP contribution in [-0.4, -0.2) is 49.1 Å². The van der Waals surface area contributed by atoms with E-state index in [1.54, 1.807) is 13.2 Å². The number of hydrogen-bond donors (Lipinski definition) is 2. The zero-order valence-corrected chi connectivity index (χ0v) is 15.8. The molecule has 0 radical (unpaired) electrons. The van der Waals surface area contributed by atoms with Crippen molar-refractivity contribution in [3.63, 3.8) is 0 Å². The van der Waals surface area contributed by atoms with Gasteiger partial charge in [-0.3, -0.25) is 9.98 Å². The third kappa shape index (κ3) is 8.21. The Hall–Kier alpha value is -0.890. The first kappa shape index (κ1) is 20.1. The number of hydrogen-bond acceptors (Lipinski definition) is 3. The first-order valence-electron chi connectivity index (χ1n) is 7.22. The van der Waals surface area contributed by atoms with Crippen LogP contribution in [0.3, 0.4) is 0 Å². The number of aliphatic imine (C=N–C) groups is 1. The lowest BCUT2D eigenvalue weighted by Crippen LogP contribution is -2.42. The van der Waals surface area contributed by atoms with Gasteiger partial charge in [0, 0.05) is 32.4 Å². The Labute approximate surface area is 145 Å². The van der Waals surface area contributed by atoms with Gasteiger partial charge in [-0.2, -0.15) is 0 Å². The monoisotopic (exact) mass is 405 g/mol. The number of rotatable bonds is 7. The molecule has 120 valence electrons. The number of pyridine rings is 1. The Bertz CT molecular complexity index is 396. The lowest BCUT2D eigenvalue weighted by atomic mass is 10.2. The summed E-state index contributed by atoms with van der Waals surface area (Å²) in [5, 5.41) is 6.58. The fraction of sp³-hybridized carbons (Fsp3) is 0.600. The highest BCUT2D eigenvalue weighted by atomic mass is 127. The van der Waals surface area contributed by atoms with E-state index in [1.165, 1.54) is 6.42 Å². The van der Waals surface area contributed by atoms with Crippen molar-refractivity contribution in [2.75, 3.05) is 27.2 Å². The van der Waals surface area contributed by atoms with Gasteiger partial charge < -0.3 is 15.5 Å². The lowest BCUT2D eigenvalue weighted by Gasteiger charge is -2.23. The van der Waals surface area contributed by atoms with Crippen molar-refractivity contribution in [2.45, 2.75) is 32.9 Å². The Balaban J connectivity index is 0.00000400. The van der Waals surface area contributed by atoms with E-state index in [0.29, 0.717) is 12.6 Å². The highest BCUT2D eigenvalue weighted by Gasteiger charge is 2.06. The second-order valence-electron chi connectivity index (χ2n) is 4.91. The second-order valence-corrected chi connectivity index (χ2v) is 4.91. The summed E-state index contributed by atoms with van der Waals surface area (Å²) in [6.07, 6.45) is 2.97. The molecule has 0 aromatic carbocycles. The zero-order valence-electron chi connectivity index (χ0n) is 13.5. The van der Waals surface area contributed by atoms with Gasteiger partial charge in [-0.1, -0.05) is 13.0 Å². The minimum absolute atomic E-state index is 0. The first-order chi connectivity index (χ1) is 9.67. The molecule has 5 nitrogen and oxygen atoms in total. The zero-order chi connectivity index (χ0) is 14.8. The van der Waals surface area contributed by atoms with Crippen LogP contribution >= 0.6 is 24.0 Å². The van der Waals surface area contributed by atoms with E-state index in [9.17, 15) is 0 Å². The molecule has 0 saturated carbocycles. The van der Waals surface area contributed by atoms with E-state index in [4.69, 9.17) is 0 Å². The molecule has 1 atom stereocenters. The molecule has 21 heavy (non-hydrogen) atoms. The molecular formula is C15H28IN5. The number of guanidine groups is 1. The van der Waals surface area contributed by atoms with Crippen molar-refractivity contribution < 1.29 is 0 Å². The number of likely N-dealkylation sites (N-methyl/N-ethyl adjacent to an activating group) is 1. The Morgan fingerprint density at radius 3 is 2.71 bits per heavy atom. The standard InChI is InChI=1S/C15H27N5.HI/c1-5-13(2)20(4)11-10-18-15(16-3)19-12-14-8-6-7-9-17-14;/h6-9,13H,5,10-12H2,1-4H3,(H2,16,18,19);1H. The van der Waals surface area contributed by atoms with Crippen molar-refractivity contribution in [2.24, 2.45) is 4.99 Å². The summed E-state index contributed by atoms with van der Waals surface area (Å²) in [5.41, 5.74) is 1.01. The predicted molar refractivity (Wildman–Crippen MR) is 100 cm³/mol. The van der Waals surface area contributed by atoms with E-state index >= 15 is 0 Å². The fourth-order valence-electron chi connectivity index (χ4n) is 1.78. The van der Waals surface area contributed by atoms with Crippen molar-refractivity contribution in [3.05, 3.63) is 30.1 Å². The van der Waals surface area contributed by atoms with Crippen LogP contribution in [0.25, 0.3) is 0 Å². The van der Waals surface area contributed by atoms with Crippen molar-refractivity contribution in [1.82, 2.24) is 20.5 Å². The normalized spacial score (nSPS) is 12.7. The van der Waals surface area contributed by atoms with Crippen molar-refractivity contribution in [3.8, 4) is 0 Å². The topological polar surface area (TPSA) is 52.5 Å². The highest BCUT2D eigenvalue weighted by Crippen LogP contribution is 1.98. The third-order valence-corrected chi connectivity index (χ3v) is 3.49. The number of nitrogens with zero attached hydrogens (tertiary/aromatic N) is 3. The summed E-state index contributed by atoms with van der Waals surface area (Å²) >= 11 is 0. The molecule has 0 saturated heterocycles. The van der Waals surface area contributed by atoms with Gasteiger partial charge in [-0.15, -0.1) is 24.0 Å². The maximum absolute atomic E-state index is 4.27. The first-order valence-corrected chi connectivity index (χ1v) is 7.22. The fourth-order valence-corrected chi connectivity index (χ4v) is 1.78. The van der Waals surface area contributed by atoms with E-state index in [0.717, 1.165) is 24.7 Å². The van der Waals surface area contributed by atoms with Crippen LogP contribution in [0.5, 0.6) is 0 Å². The number of aromatic nitrogens is 1. The van der Waals surface area contributed by atoms with Crippen LogP contribution in [0, 0.1) is 0 Å². The Morgan fingerprint density at radius 1 is 1.38 bits per heavy atom. The van der Waals surface area contributed by atoms with E-state index in [1.807, 2.05) is 18.2 Å². The maximum atomic E-state index is 4.27. The van der Waals surface area contributed by atoms with Crippen LogP contribution in [0.2, 0.25) is 0 Å². The van der Waals surface area contributed by atoms with Crippen molar-refractivity contribution >= 4 is 29.9 Å². The minimum Gasteiger partial charge on any atom is -0.355 e. The molecule has 0 aliphatic rings. The van der Waals surface area contributed by atoms with Gasteiger partial charge in [0.2, 0.25) is 0 Å². The van der Waals surface area contributed by atoms with E-state index in [-0.39, 0.29) is 24.0 Å². The summed E-state index contributed by atoms with van der Waals surface area (Å²) in [7, 11) is 3.94. The minimum atomic E-state index is 0. The highest BCUT2D eigenvalue weighted by molar-refractivity contribution is 14.0. The van der Waals surface area contributed by atoms with E-state index in [2.05, 4.69) is 46.4 Å². The Kier molecular flexibility index (Phi) is 11.2. The third-order valence-electron chi connectivity index (χ3n) is 3.49. The summed E-state index contributed by atoms with van der Waals surface area (Å²) in [6, 6.07) is 6.51. The second kappa shape index (κ2) is 11.7. The van der Waals surface area contributed by atoms with Gasteiger partial charge in [-0.25, -0.2) is 0 Å². The molecule has 6 heteroatoms. The summed E-state index contributed by atoms with van der Waals surface area (Å²) in [5.74, 6) is 0.813. The van der Waals surface area contributed by atoms with Crippen LogP contribution in [0.15, 0.2) is 29.4 Å². The van der Waals surface area contributed by atoms with Crippen molar-refractivity contribution in [1.29, 1.82) is 0 Å². The van der Waals surface area contributed by atoms with Gasteiger partial charge in [0.15, 0.2) is 5.96 Å². The number of halogens is 1. The molecule has 0 fully saturated rings. The summed E-state index contributed by atoms with van der Waals surface area (Å²) in [4.78, 5) is 10.8. The quantitative estimate of drug-likeness (QED) is 0.415. The summed E-state index contributed by atoms with van der Waals surface area (Å²) in [6.45, 7) is 7.01. The average Bonchev–Trinajstić information content (AvgIpc) is 2.50. The molecule has 2 N–H and O–H groups in total. The van der Waals surface area contributed by atoms with Gasteiger partial charge >= 0.3 is 0 Å². The van der Waals surface area contributed by atoms with Crippen LogP contribution in [0.4, 0.5) is 0 Å². The smallest absolute Gasteiger partial charge is 0.191 e. The predicted octanol–water partition coefficient (Wildman–Crippen LogP) is 2.09. The molecule has 1 unspecified atom stereocenters. The SMILES string of the molecule is CCC(C)N(C)CCNC(=NC)NCc1ccccn1.I. The molecule has 0 aliphatic carbocycles. The lowest BCUT2D eigenvalue weighted by molar-refractivity contribution is 0.255. The van der Waals surface area contributed by atoms with Gasteiger partial charge in [-0.05, 0) is 32.5 Å². The van der Waals surface area contributed by atoms with Gasteiger partial charge in [0.05, 0.1) is 12.2 Å². The van der Waals surface area contributed by atoms with Gasteiger partial charge in [0.25, 0.3) is 0 Å². The molecule has 1 aromatic heterocycles.